The predicted molar refractivity (Wildman–Crippen MR) is 88.6 cm³/mol. The molecule has 0 radical (unpaired) electrons. The largest absolute Gasteiger partial charge is 0.459 e. The smallest absolute Gasteiger partial charge is 0.293 e. The first-order chi connectivity index (χ1) is 11.1. The van der Waals surface area contributed by atoms with Crippen molar-refractivity contribution < 1.29 is 14.0 Å². The van der Waals surface area contributed by atoms with Gasteiger partial charge in [-0.25, -0.2) is 0 Å². The van der Waals surface area contributed by atoms with Crippen molar-refractivity contribution in [3.05, 3.63) is 47.9 Å². The first-order valence-corrected chi connectivity index (χ1v) is 7.85. The molecule has 1 N–H and O–H groups in total. The van der Waals surface area contributed by atoms with Gasteiger partial charge in [0.2, 0.25) is 5.91 Å². The van der Waals surface area contributed by atoms with Crippen molar-refractivity contribution >= 4 is 23.2 Å². The fraction of sp³-hybridized carbons (Fsp3) is 0.333. The average Bonchev–Trinajstić information content (AvgIpc) is 3.08. The van der Waals surface area contributed by atoms with E-state index in [1.54, 1.807) is 17.0 Å². The third-order valence-electron chi connectivity index (χ3n) is 3.97. The van der Waals surface area contributed by atoms with E-state index in [0.29, 0.717) is 18.0 Å². The van der Waals surface area contributed by atoms with Crippen LogP contribution in [-0.4, -0.2) is 18.4 Å². The highest BCUT2D eigenvalue weighted by atomic mass is 16.3. The van der Waals surface area contributed by atoms with Crippen LogP contribution in [0.25, 0.3) is 0 Å². The summed E-state index contributed by atoms with van der Waals surface area (Å²) >= 11 is 0. The molecule has 0 atom stereocenters. The third-order valence-corrected chi connectivity index (χ3v) is 3.97. The number of anilines is 2. The quantitative estimate of drug-likeness (QED) is 0.944. The Hall–Kier alpha value is -2.56. The number of hydrogen-bond acceptors (Lipinski definition) is 3. The van der Waals surface area contributed by atoms with Crippen molar-refractivity contribution in [2.24, 2.45) is 5.92 Å². The molecule has 2 aromatic rings. The van der Waals surface area contributed by atoms with Crippen LogP contribution in [0, 0.1) is 5.92 Å². The molecule has 0 bridgehead atoms. The zero-order valence-electron chi connectivity index (χ0n) is 13.3. The van der Waals surface area contributed by atoms with E-state index in [2.05, 4.69) is 5.32 Å². The maximum absolute atomic E-state index is 12.6. The van der Waals surface area contributed by atoms with Gasteiger partial charge in [-0.05, 0) is 42.7 Å². The van der Waals surface area contributed by atoms with E-state index in [1.165, 1.54) is 6.26 Å². The molecule has 0 saturated carbocycles. The summed E-state index contributed by atoms with van der Waals surface area (Å²) in [6, 6.07) is 9.11. The molecule has 1 aromatic carbocycles. The van der Waals surface area contributed by atoms with Gasteiger partial charge in [0.25, 0.3) is 5.91 Å². The van der Waals surface area contributed by atoms with Crippen molar-refractivity contribution in [3.8, 4) is 0 Å². The number of furan rings is 1. The number of nitrogens with zero attached hydrogens (tertiary/aromatic N) is 1. The fourth-order valence-corrected chi connectivity index (χ4v) is 2.68. The topological polar surface area (TPSA) is 62.6 Å². The standard InChI is InChI=1S/C18H20N2O3/c1-12(2)17(21)19-14-8-7-13-5-3-9-20(15(13)11-14)18(22)16-6-4-10-23-16/h4,6-8,10-12H,3,5,9H2,1-2H3,(H,19,21). The van der Waals surface area contributed by atoms with Crippen LogP contribution in [0.5, 0.6) is 0 Å². The van der Waals surface area contributed by atoms with E-state index in [4.69, 9.17) is 4.42 Å². The second kappa shape index (κ2) is 6.28. The number of hydrogen-bond donors (Lipinski definition) is 1. The van der Waals surface area contributed by atoms with Crippen LogP contribution in [0.1, 0.15) is 36.4 Å². The molecular weight excluding hydrogens is 292 g/mol. The Kier molecular flexibility index (Phi) is 4.19. The first-order valence-electron chi connectivity index (χ1n) is 7.85. The van der Waals surface area contributed by atoms with Gasteiger partial charge in [-0.3, -0.25) is 9.59 Å². The molecule has 0 aliphatic carbocycles. The summed E-state index contributed by atoms with van der Waals surface area (Å²) in [4.78, 5) is 26.2. The summed E-state index contributed by atoms with van der Waals surface area (Å²) in [5, 5.41) is 2.89. The fourth-order valence-electron chi connectivity index (χ4n) is 2.68. The number of nitrogens with one attached hydrogen (secondary N) is 1. The summed E-state index contributed by atoms with van der Waals surface area (Å²) in [6.45, 7) is 4.34. The number of rotatable bonds is 3. The lowest BCUT2D eigenvalue weighted by molar-refractivity contribution is -0.118. The average molecular weight is 312 g/mol. The van der Waals surface area contributed by atoms with Crippen molar-refractivity contribution in [2.45, 2.75) is 26.7 Å². The Morgan fingerprint density at radius 1 is 1.26 bits per heavy atom. The molecule has 23 heavy (non-hydrogen) atoms. The molecule has 0 spiro atoms. The second-order valence-electron chi connectivity index (χ2n) is 6.03. The number of benzene rings is 1. The molecule has 0 fully saturated rings. The van der Waals surface area contributed by atoms with Gasteiger partial charge in [-0.2, -0.15) is 0 Å². The molecule has 5 heteroatoms. The Bertz CT molecular complexity index is 720. The molecule has 0 saturated heterocycles. The Balaban J connectivity index is 1.90. The van der Waals surface area contributed by atoms with Gasteiger partial charge in [0.05, 0.1) is 6.26 Å². The van der Waals surface area contributed by atoms with E-state index < -0.39 is 0 Å². The Morgan fingerprint density at radius 2 is 2.09 bits per heavy atom. The molecule has 3 rings (SSSR count). The number of fused-ring (bicyclic) bond motifs is 1. The summed E-state index contributed by atoms with van der Waals surface area (Å²) in [5.41, 5.74) is 2.67. The van der Waals surface area contributed by atoms with E-state index >= 15 is 0 Å². The molecule has 120 valence electrons. The minimum atomic E-state index is -0.150. The van der Waals surface area contributed by atoms with Crippen molar-refractivity contribution in [3.63, 3.8) is 0 Å². The highest BCUT2D eigenvalue weighted by Gasteiger charge is 2.25. The predicted octanol–water partition coefficient (Wildman–Crippen LogP) is 3.47. The molecule has 1 aliphatic rings. The molecule has 1 aromatic heterocycles. The molecule has 1 aliphatic heterocycles. The molecule has 2 amide bonds. The summed E-state index contributed by atoms with van der Waals surface area (Å²) in [7, 11) is 0. The lowest BCUT2D eigenvalue weighted by atomic mass is 10.0. The number of amides is 2. The van der Waals surface area contributed by atoms with Crippen LogP contribution in [0.4, 0.5) is 11.4 Å². The maximum Gasteiger partial charge on any atom is 0.293 e. The van der Waals surface area contributed by atoms with E-state index in [1.807, 2.05) is 32.0 Å². The second-order valence-corrected chi connectivity index (χ2v) is 6.03. The highest BCUT2D eigenvalue weighted by Crippen LogP contribution is 2.31. The van der Waals surface area contributed by atoms with E-state index in [0.717, 1.165) is 24.1 Å². The monoisotopic (exact) mass is 312 g/mol. The summed E-state index contributed by atoms with van der Waals surface area (Å²) in [5.74, 6) is 0.0503. The van der Waals surface area contributed by atoms with Gasteiger partial charge < -0.3 is 14.6 Å². The lowest BCUT2D eigenvalue weighted by Gasteiger charge is -2.29. The van der Waals surface area contributed by atoms with Gasteiger partial charge in [0.15, 0.2) is 5.76 Å². The number of carbonyl (C=O) groups is 2. The van der Waals surface area contributed by atoms with Gasteiger partial charge in [-0.1, -0.05) is 19.9 Å². The van der Waals surface area contributed by atoms with Gasteiger partial charge in [-0.15, -0.1) is 0 Å². The van der Waals surface area contributed by atoms with Crippen molar-refractivity contribution in [2.75, 3.05) is 16.8 Å². The van der Waals surface area contributed by atoms with Crippen LogP contribution in [0.2, 0.25) is 0 Å². The zero-order valence-corrected chi connectivity index (χ0v) is 13.3. The molecule has 0 unspecified atom stereocenters. The van der Waals surface area contributed by atoms with Gasteiger partial charge in [0, 0.05) is 23.8 Å². The van der Waals surface area contributed by atoms with Crippen molar-refractivity contribution in [1.82, 2.24) is 0 Å². The van der Waals surface area contributed by atoms with Crippen molar-refractivity contribution in [1.29, 1.82) is 0 Å². The lowest BCUT2D eigenvalue weighted by Crippen LogP contribution is -2.35. The third kappa shape index (κ3) is 3.13. The van der Waals surface area contributed by atoms with Crippen LogP contribution in [-0.2, 0) is 11.2 Å². The molecule has 2 heterocycles. The first kappa shape index (κ1) is 15.3. The number of aryl methyl sites for hydroxylation is 1. The Morgan fingerprint density at radius 3 is 2.78 bits per heavy atom. The van der Waals surface area contributed by atoms with Gasteiger partial charge >= 0.3 is 0 Å². The summed E-state index contributed by atoms with van der Waals surface area (Å²) < 4.78 is 5.23. The normalized spacial score (nSPS) is 13.8. The van der Waals surface area contributed by atoms with Crippen LogP contribution in [0.15, 0.2) is 41.0 Å². The maximum atomic E-state index is 12.6. The van der Waals surface area contributed by atoms with Gasteiger partial charge in [0.1, 0.15) is 0 Å². The zero-order chi connectivity index (χ0) is 16.4. The Labute approximate surface area is 135 Å². The van der Waals surface area contributed by atoms with Crippen LogP contribution in [0.3, 0.4) is 0 Å². The molecular formula is C18H20N2O3. The van der Waals surface area contributed by atoms with Crippen LogP contribution < -0.4 is 10.2 Å². The van der Waals surface area contributed by atoms with E-state index in [-0.39, 0.29) is 17.7 Å². The molecule has 5 nitrogen and oxygen atoms in total. The SMILES string of the molecule is CC(C)C(=O)Nc1ccc2c(c1)N(C(=O)c1ccco1)CCC2. The van der Waals surface area contributed by atoms with Crippen LogP contribution >= 0.6 is 0 Å². The van der Waals surface area contributed by atoms with E-state index in [9.17, 15) is 9.59 Å². The minimum absolute atomic E-state index is 0.0373. The summed E-state index contributed by atoms with van der Waals surface area (Å²) in [6.07, 6.45) is 3.34. The number of carbonyl (C=O) groups excluding carboxylic acids is 2. The highest BCUT2D eigenvalue weighted by molar-refractivity contribution is 6.05. The minimum Gasteiger partial charge on any atom is -0.459 e.